The van der Waals surface area contributed by atoms with Crippen molar-refractivity contribution in [3.63, 3.8) is 0 Å². The van der Waals surface area contributed by atoms with Crippen molar-refractivity contribution in [3.8, 4) is 0 Å². The minimum Gasteiger partial charge on any atom is -0.369 e. The number of H-pyrrole nitrogens is 1. The van der Waals surface area contributed by atoms with Crippen molar-refractivity contribution in [1.82, 2.24) is 14.9 Å². The maximum absolute atomic E-state index is 11.6. The summed E-state index contributed by atoms with van der Waals surface area (Å²) in [7, 11) is 0. The number of aryl methyl sites for hydroxylation is 2. The van der Waals surface area contributed by atoms with E-state index in [0.717, 1.165) is 25.3 Å². The Morgan fingerprint density at radius 2 is 2.33 bits per heavy atom. The van der Waals surface area contributed by atoms with Gasteiger partial charge in [-0.3, -0.25) is 9.69 Å². The number of hydrogen-bond donors (Lipinski definition) is 1. The molecule has 6 heteroatoms. The van der Waals surface area contributed by atoms with Gasteiger partial charge in [0.1, 0.15) is 11.9 Å². The number of hydrogen-bond acceptors (Lipinski definition) is 5. The summed E-state index contributed by atoms with van der Waals surface area (Å²) in [5.74, 6) is 0.632. The van der Waals surface area contributed by atoms with Gasteiger partial charge in [-0.15, -0.1) is 11.3 Å². The number of aromatic amines is 1. The highest BCUT2D eigenvalue weighted by Crippen LogP contribution is 2.23. The van der Waals surface area contributed by atoms with Crippen molar-refractivity contribution in [3.05, 3.63) is 49.8 Å². The third-order valence-electron chi connectivity index (χ3n) is 3.54. The molecule has 0 aromatic carbocycles. The fourth-order valence-corrected chi connectivity index (χ4v) is 3.52. The van der Waals surface area contributed by atoms with E-state index in [4.69, 9.17) is 4.74 Å². The van der Waals surface area contributed by atoms with E-state index in [9.17, 15) is 4.79 Å². The van der Waals surface area contributed by atoms with Crippen LogP contribution in [0.4, 0.5) is 0 Å². The van der Waals surface area contributed by atoms with Gasteiger partial charge in [0.05, 0.1) is 12.3 Å². The monoisotopic (exact) mass is 305 g/mol. The maximum Gasteiger partial charge on any atom is 0.251 e. The maximum atomic E-state index is 11.6. The molecule has 2 aromatic heterocycles. The van der Waals surface area contributed by atoms with E-state index in [2.05, 4.69) is 33.9 Å². The Kier molecular flexibility index (Phi) is 4.19. The van der Waals surface area contributed by atoms with Gasteiger partial charge in [0.15, 0.2) is 0 Å². The van der Waals surface area contributed by atoms with E-state index in [1.807, 2.05) is 11.3 Å². The van der Waals surface area contributed by atoms with Crippen LogP contribution in [-0.2, 0) is 11.3 Å². The number of thiophene rings is 1. The lowest BCUT2D eigenvalue weighted by molar-refractivity contribution is -0.0348. The van der Waals surface area contributed by atoms with Gasteiger partial charge in [-0.2, -0.15) is 0 Å². The Bertz CT molecular complexity index is 680. The molecule has 1 aliphatic heterocycles. The molecule has 112 valence electrons. The number of ether oxygens (including phenoxy) is 1. The van der Waals surface area contributed by atoms with Crippen LogP contribution in [0.15, 0.2) is 23.0 Å². The topological polar surface area (TPSA) is 58.2 Å². The van der Waals surface area contributed by atoms with Crippen LogP contribution in [0.2, 0.25) is 0 Å². The number of nitrogens with one attached hydrogen (secondary N) is 1. The number of morpholine rings is 1. The second-order valence-electron chi connectivity index (χ2n) is 5.36. The average molecular weight is 305 g/mol. The molecule has 0 spiro atoms. The molecule has 1 fully saturated rings. The zero-order chi connectivity index (χ0) is 14.8. The molecular formula is C15H19N3O2S. The first kappa shape index (κ1) is 14.4. The van der Waals surface area contributed by atoms with E-state index in [1.165, 1.54) is 15.8 Å². The van der Waals surface area contributed by atoms with Gasteiger partial charge in [0.2, 0.25) is 0 Å². The molecule has 0 saturated carbocycles. The molecule has 3 rings (SSSR count). The molecule has 3 heterocycles. The van der Waals surface area contributed by atoms with Crippen LogP contribution < -0.4 is 5.56 Å². The van der Waals surface area contributed by atoms with Crippen molar-refractivity contribution >= 4 is 11.3 Å². The van der Waals surface area contributed by atoms with Gasteiger partial charge < -0.3 is 9.72 Å². The van der Waals surface area contributed by atoms with Crippen molar-refractivity contribution in [1.29, 1.82) is 0 Å². The molecule has 0 unspecified atom stereocenters. The summed E-state index contributed by atoms with van der Waals surface area (Å²) in [5, 5.41) is 0. The zero-order valence-corrected chi connectivity index (χ0v) is 13.1. The summed E-state index contributed by atoms with van der Waals surface area (Å²) >= 11 is 1.83. The Morgan fingerprint density at radius 1 is 1.48 bits per heavy atom. The first-order chi connectivity index (χ1) is 10.1. The molecule has 21 heavy (non-hydrogen) atoms. The molecule has 0 bridgehead atoms. The van der Waals surface area contributed by atoms with E-state index in [0.29, 0.717) is 12.4 Å². The minimum atomic E-state index is -0.124. The average Bonchev–Trinajstić information content (AvgIpc) is 2.83. The molecule has 2 aromatic rings. The van der Waals surface area contributed by atoms with E-state index in [1.54, 1.807) is 6.92 Å². The molecular weight excluding hydrogens is 286 g/mol. The molecule has 0 amide bonds. The fraction of sp³-hybridized carbons (Fsp3) is 0.467. The Balaban J connectivity index is 1.71. The van der Waals surface area contributed by atoms with Crippen molar-refractivity contribution in [2.24, 2.45) is 0 Å². The highest BCUT2D eigenvalue weighted by Gasteiger charge is 2.24. The standard InChI is InChI=1S/C15H19N3O2S/c1-10-3-4-12(21-10)8-18-5-6-20-14(9-18)13-7-15(19)17-11(2)16-13/h3-4,7,14H,5-6,8-9H2,1-2H3,(H,16,17,19)/t14-/m0/s1. The second kappa shape index (κ2) is 6.09. The Morgan fingerprint density at radius 3 is 3.05 bits per heavy atom. The summed E-state index contributed by atoms with van der Waals surface area (Å²) in [6, 6.07) is 5.87. The molecule has 0 radical (unpaired) electrons. The van der Waals surface area contributed by atoms with Crippen LogP contribution >= 0.6 is 11.3 Å². The van der Waals surface area contributed by atoms with Gasteiger partial charge in [-0.05, 0) is 26.0 Å². The normalized spacial score (nSPS) is 19.8. The van der Waals surface area contributed by atoms with Gasteiger partial charge in [0, 0.05) is 35.5 Å². The molecule has 1 aliphatic rings. The summed E-state index contributed by atoms with van der Waals surface area (Å²) < 4.78 is 5.79. The van der Waals surface area contributed by atoms with Crippen LogP contribution in [0.3, 0.4) is 0 Å². The summed E-state index contributed by atoms with van der Waals surface area (Å²) in [5.41, 5.74) is 0.607. The second-order valence-corrected chi connectivity index (χ2v) is 6.74. The zero-order valence-electron chi connectivity index (χ0n) is 12.3. The number of rotatable bonds is 3. The van der Waals surface area contributed by atoms with Crippen molar-refractivity contribution < 1.29 is 4.74 Å². The molecule has 1 atom stereocenters. The number of aromatic nitrogens is 2. The summed E-state index contributed by atoms with van der Waals surface area (Å²) in [6.45, 7) is 7.20. The summed E-state index contributed by atoms with van der Waals surface area (Å²) in [6.07, 6.45) is -0.124. The fourth-order valence-electron chi connectivity index (χ4n) is 2.58. The third-order valence-corrected chi connectivity index (χ3v) is 4.52. The lowest BCUT2D eigenvalue weighted by atomic mass is 10.2. The Labute approximate surface area is 127 Å². The predicted octanol–water partition coefficient (Wildman–Crippen LogP) is 2.02. The lowest BCUT2D eigenvalue weighted by Crippen LogP contribution is -2.38. The quantitative estimate of drug-likeness (QED) is 0.942. The van der Waals surface area contributed by atoms with Crippen LogP contribution in [0.5, 0.6) is 0 Å². The largest absolute Gasteiger partial charge is 0.369 e. The van der Waals surface area contributed by atoms with Crippen LogP contribution in [0.25, 0.3) is 0 Å². The van der Waals surface area contributed by atoms with Crippen molar-refractivity contribution in [2.75, 3.05) is 19.7 Å². The highest BCUT2D eigenvalue weighted by molar-refractivity contribution is 7.11. The first-order valence-electron chi connectivity index (χ1n) is 7.07. The SMILES string of the molecule is Cc1nc([C@@H]2CN(Cc3ccc(C)s3)CCO2)cc(=O)[nH]1. The first-order valence-corrected chi connectivity index (χ1v) is 7.89. The van der Waals surface area contributed by atoms with Crippen LogP contribution in [0.1, 0.15) is 27.4 Å². The van der Waals surface area contributed by atoms with Gasteiger partial charge in [-0.25, -0.2) is 4.98 Å². The lowest BCUT2D eigenvalue weighted by Gasteiger charge is -2.32. The molecule has 1 saturated heterocycles. The van der Waals surface area contributed by atoms with Crippen molar-refractivity contribution in [2.45, 2.75) is 26.5 Å². The number of nitrogens with zero attached hydrogens (tertiary/aromatic N) is 2. The van der Waals surface area contributed by atoms with Gasteiger partial charge in [-0.1, -0.05) is 0 Å². The van der Waals surface area contributed by atoms with Gasteiger partial charge in [0.25, 0.3) is 5.56 Å². The van der Waals surface area contributed by atoms with Gasteiger partial charge >= 0.3 is 0 Å². The molecule has 1 N–H and O–H groups in total. The van der Waals surface area contributed by atoms with Crippen LogP contribution in [0, 0.1) is 13.8 Å². The van der Waals surface area contributed by atoms with Crippen LogP contribution in [-0.4, -0.2) is 34.6 Å². The third kappa shape index (κ3) is 3.58. The Hall–Kier alpha value is -1.50. The van der Waals surface area contributed by atoms with E-state index in [-0.39, 0.29) is 11.7 Å². The molecule has 0 aliphatic carbocycles. The summed E-state index contributed by atoms with van der Waals surface area (Å²) in [4.78, 5) is 23.7. The van der Waals surface area contributed by atoms with E-state index < -0.39 is 0 Å². The smallest absolute Gasteiger partial charge is 0.251 e. The minimum absolute atomic E-state index is 0.118. The highest BCUT2D eigenvalue weighted by atomic mass is 32.1. The van der Waals surface area contributed by atoms with E-state index >= 15 is 0 Å². The molecule has 5 nitrogen and oxygen atoms in total. The predicted molar refractivity (Wildman–Crippen MR) is 82.6 cm³/mol.